The van der Waals surface area contributed by atoms with Gasteiger partial charge in [0, 0.05) is 26.0 Å². The Morgan fingerprint density at radius 3 is 2.75 bits per heavy atom. The number of hydrogen-bond acceptors (Lipinski definition) is 4. The fraction of sp³-hybridized carbons (Fsp3) is 0.357. The number of rotatable bonds is 4. The van der Waals surface area contributed by atoms with Gasteiger partial charge >= 0.3 is 0 Å². The van der Waals surface area contributed by atoms with E-state index < -0.39 is 0 Å². The van der Waals surface area contributed by atoms with E-state index >= 15 is 0 Å². The third kappa shape index (κ3) is 2.96. The smallest absolute Gasteiger partial charge is 0.244 e. The maximum atomic E-state index is 12.2. The Bertz CT molecular complexity index is 606. The molecule has 2 aromatic rings. The monoisotopic (exact) mass is 273 g/mol. The van der Waals surface area contributed by atoms with Crippen LogP contribution in [-0.4, -0.2) is 32.6 Å². The molecule has 0 aromatic carbocycles. The molecule has 0 unspecified atom stereocenters. The lowest BCUT2D eigenvalue weighted by Gasteiger charge is -2.17. The summed E-state index contributed by atoms with van der Waals surface area (Å²) in [4.78, 5) is 17.9. The van der Waals surface area contributed by atoms with E-state index in [1.165, 1.54) is 0 Å². The summed E-state index contributed by atoms with van der Waals surface area (Å²) in [5.74, 6) is -0.0144. The summed E-state index contributed by atoms with van der Waals surface area (Å²) >= 11 is 0. The average molecular weight is 273 g/mol. The first-order valence-corrected chi connectivity index (χ1v) is 6.41. The lowest BCUT2D eigenvalue weighted by molar-refractivity contribution is -0.131. The van der Waals surface area contributed by atoms with Crippen molar-refractivity contribution >= 4 is 11.6 Å². The van der Waals surface area contributed by atoms with Gasteiger partial charge in [0.15, 0.2) is 0 Å². The molecule has 0 saturated heterocycles. The van der Waals surface area contributed by atoms with E-state index in [1.54, 1.807) is 29.0 Å². The van der Waals surface area contributed by atoms with Crippen LogP contribution in [0.3, 0.4) is 0 Å². The molecular weight excluding hydrogens is 254 g/mol. The summed E-state index contributed by atoms with van der Waals surface area (Å²) in [6, 6.07) is 3.80. The number of nitrogens with zero attached hydrogens (tertiary/aromatic N) is 4. The third-order valence-corrected chi connectivity index (χ3v) is 3.29. The molecule has 0 aliphatic heterocycles. The van der Waals surface area contributed by atoms with Crippen LogP contribution >= 0.6 is 0 Å². The molecule has 106 valence electrons. The molecule has 0 atom stereocenters. The third-order valence-electron chi connectivity index (χ3n) is 3.29. The van der Waals surface area contributed by atoms with Crippen molar-refractivity contribution in [1.29, 1.82) is 0 Å². The Labute approximate surface area is 118 Å². The Morgan fingerprint density at radius 2 is 2.20 bits per heavy atom. The van der Waals surface area contributed by atoms with Gasteiger partial charge in [0.1, 0.15) is 6.54 Å². The van der Waals surface area contributed by atoms with E-state index in [9.17, 15) is 4.79 Å². The molecule has 0 bridgehead atoms. The van der Waals surface area contributed by atoms with E-state index in [2.05, 4.69) is 10.1 Å². The van der Waals surface area contributed by atoms with Crippen LogP contribution in [0.15, 0.2) is 24.5 Å². The lowest BCUT2D eigenvalue weighted by Crippen LogP contribution is -2.30. The Morgan fingerprint density at radius 1 is 1.45 bits per heavy atom. The maximum Gasteiger partial charge on any atom is 0.244 e. The van der Waals surface area contributed by atoms with Gasteiger partial charge in [0.2, 0.25) is 5.91 Å². The first kappa shape index (κ1) is 14.0. The van der Waals surface area contributed by atoms with Gasteiger partial charge < -0.3 is 10.6 Å². The van der Waals surface area contributed by atoms with Gasteiger partial charge in [0.05, 0.1) is 17.1 Å². The van der Waals surface area contributed by atoms with Crippen molar-refractivity contribution in [3.8, 4) is 0 Å². The summed E-state index contributed by atoms with van der Waals surface area (Å²) in [6.07, 6.45) is 3.47. The average Bonchev–Trinajstić information content (AvgIpc) is 2.67. The highest BCUT2D eigenvalue weighted by atomic mass is 16.2. The predicted octanol–water partition coefficient (Wildman–Crippen LogP) is 1.14. The van der Waals surface area contributed by atoms with Gasteiger partial charge in [-0.05, 0) is 25.5 Å². The predicted molar refractivity (Wildman–Crippen MR) is 76.8 cm³/mol. The minimum absolute atomic E-state index is 0.0144. The molecule has 0 aliphatic carbocycles. The minimum Gasteiger partial charge on any atom is -0.396 e. The number of nitrogens with two attached hydrogens (primary N) is 1. The van der Waals surface area contributed by atoms with Crippen LogP contribution in [0.25, 0.3) is 0 Å². The highest BCUT2D eigenvalue weighted by Gasteiger charge is 2.14. The highest BCUT2D eigenvalue weighted by molar-refractivity contribution is 5.75. The van der Waals surface area contributed by atoms with Crippen molar-refractivity contribution in [1.82, 2.24) is 19.7 Å². The molecule has 0 aliphatic rings. The normalized spacial score (nSPS) is 10.6. The molecule has 0 spiro atoms. The van der Waals surface area contributed by atoms with E-state index in [4.69, 9.17) is 5.73 Å². The Kier molecular flexibility index (Phi) is 4.02. The van der Waals surface area contributed by atoms with E-state index in [0.29, 0.717) is 12.2 Å². The van der Waals surface area contributed by atoms with E-state index in [1.807, 2.05) is 26.0 Å². The molecule has 0 radical (unpaired) electrons. The van der Waals surface area contributed by atoms with Crippen molar-refractivity contribution < 1.29 is 4.79 Å². The largest absolute Gasteiger partial charge is 0.396 e. The van der Waals surface area contributed by atoms with Crippen LogP contribution in [0.4, 0.5) is 5.69 Å². The number of aromatic nitrogens is 3. The summed E-state index contributed by atoms with van der Waals surface area (Å²) in [5.41, 5.74) is 9.08. The van der Waals surface area contributed by atoms with Crippen LogP contribution in [0.2, 0.25) is 0 Å². The van der Waals surface area contributed by atoms with Crippen molar-refractivity contribution in [2.45, 2.75) is 26.9 Å². The summed E-state index contributed by atoms with van der Waals surface area (Å²) in [6.45, 7) is 4.43. The van der Waals surface area contributed by atoms with Crippen molar-refractivity contribution in [3.05, 3.63) is 41.5 Å². The number of hydrogen-bond donors (Lipinski definition) is 1. The SMILES string of the molecule is Cc1nn(CC(=O)N(C)Cc2cccnc2)c(C)c1N. The number of carbonyl (C=O) groups excluding carboxylic acids is 1. The standard InChI is InChI=1S/C14H19N5O/c1-10-14(15)11(2)19(17-10)9-13(20)18(3)8-12-5-4-6-16-7-12/h4-7H,8-9,15H2,1-3H3. The van der Waals surface area contributed by atoms with Crippen LogP contribution in [0, 0.1) is 13.8 Å². The first-order valence-electron chi connectivity index (χ1n) is 6.41. The number of amides is 1. The number of pyridine rings is 1. The van der Waals surface area contributed by atoms with Crippen molar-refractivity contribution in [3.63, 3.8) is 0 Å². The van der Waals surface area contributed by atoms with Gasteiger partial charge in [-0.1, -0.05) is 6.07 Å². The van der Waals surface area contributed by atoms with Crippen molar-refractivity contribution in [2.75, 3.05) is 12.8 Å². The molecule has 2 rings (SSSR count). The second-order valence-electron chi connectivity index (χ2n) is 4.85. The summed E-state index contributed by atoms with van der Waals surface area (Å²) < 4.78 is 1.65. The Balaban J connectivity index is 2.02. The molecule has 6 heteroatoms. The molecule has 2 N–H and O–H groups in total. The number of nitrogen functional groups attached to an aromatic ring is 1. The lowest BCUT2D eigenvalue weighted by atomic mass is 10.2. The summed E-state index contributed by atoms with van der Waals surface area (Å²) in [7, 11) is 1.77. The van der Waals surface area contributed by atoms with Crippen LogP contribution in [0.1, 0.15) is 17.0 Å². The highest BCUT2D eigenvalue weighted by Crippen LogP contribution is 2.14. The maximum absolute atomic E-state index is 12.2. The van der Waals surface area contributed by atoms with Crippen LogP contribution in [-0.2, 0) is 17.9 Å². The zero-order valence-corrected chi connectivity index (χ0v) is 12.0. The molecule has 6 nitrogen and oxygen atoms in total. The van der Waals surface area contributed by atoms with Crippen LogP contribution < -0.4 is 5.73 Å². The molecule has 0 saturated carbocycles. The fourth-order valence-corrected chi connectivity index (χ4v) is 1.97. The zero-order valence-electron chi connectivity index (χ0n) is 12.0. The van der Waals surface area contributed by atoms with Crippen LogP contribution in [0.5, 0.6) is 0 Å². The minimum atomic E-state index is -0.0144. The molecule has 1 amide bonds. The number of carbonyl (C=O) groups is 1. The molecule has 20 heavy (non-hydrogen) atoms. The molecule has 0 fully saturated rings. The summed E-state index contributed by atoms with van der Waals surface area (Å²) in [5, 5.41) is 4.27. The quantitative estimate of drug-likeness (QED) is 0.906. The van der Waals surface area contributed by atoms with Gasteiger partial charge in [-0.2, -0.15) is 5.10 Å². The van der Waals surface area contributed by atoms with E-state index in [-0.39, 0.29) is 12.5 Å². The molecular formula is C14H19N5O. The van der Waals surface area contributed by atoms with Gasteiger partial charge in [-0.3, -0.25) is 14.5 Å². The molecule has 2 aromatic heterocycles. The number of likely N-dealkylation sites (N-methyl/N-ethyl adjacent to an activating group) is 1. The zero-order chi connectivity index (χ0) is 14.7. The fourth-order valence-electron chi connectivity index (χ4n) is 1.97. The topological polar surface area (TPSA) is 77.0 Å². The second-order valence-corrected chi connectivity index (χ2v) is 4.85. The van der Waals surface area contributed by atoms with Gasteiger partial charge in [0.25, 0.3) is 0 Å². The van der Waals surface area contributed by atoms with Gasteiger partial charge in [-0.15, -0.1) is 0 Å². The second kappa shape index (κ2) is 5.73. The first-order chi connectivity index (χ1) is 9.49. The molecule has 2 heterocycles. The number of aryl methyl sites for hydroxylation is 1. The number of anilines is 1. The van der Waals surface area contributed by atoms with Crippen molar-refractivity contribution in [2.24, 2.45) is 0 Å². The van der Waals surface area contributed by atoms with Gasteiger partial charge in [-0.25, -0.2) is 0 Å². The Hall–Kier alpha value is -2.37. The van der Waals surface area contributed by atoms with E-state index in [0.717, 1.165) is 17.0 Å².